The third kappa shape index (κ3) is 3.11. The monoisotopic (exact) mass is 344 g/mol. The first kappa shape index (κ1) is 15.7. The van der Waals surface area contributed by atoms with Gasteiger partial charge >= 0.3 is 0 Å². The molecule has 8 heteroatoms. The lowest BCUT2D eigenvalue weighted by Gasteiger charge is -2.22. The zero-order valence-corrected chi connectivity index (χ0v) is 13.6. The summed E-state index contributed by atoms with van der Waals surface area (Å²) >= 11 is 0. The van der Waals surface area contributed by atoms with Gasteiger partial charge in [0.25, 0.3) is 17.6 Å². The van der Waals surface area contributed by atoms with E-state index in [2.05, 4.69) is 15.5 Å². The molecule has 2 amide bonds. The maximum atomic E-state index is 13.2. The zero-order valence-electron chi connectivity index (χ0n) is 13.6. The van der Waals surface area contributed by atoms with E-state index in [4.69, 9.17) is 4.52 Å². The van der Waals surface area contributed by atoms with Crippen molar-refractivity contribution in [3.63, 3.8) is 0 Å². The lowest BCUT2D eigenvalue weighted by Crippen LogP contribution is -2.46. The molecule has 2 fully saturated rings. The van der Waals surface area contributed by atoms with Crippen LogP contribution in [0.3, 0.4) is 0 Å². The average molecular weight is 344 g/mol. The van der Waals surface area contributed by atoms with Gasteiger partial charge in [-0.05, 0) is 43.4 Å². The summed E-state index contributed by atoms with van der Waals surface area (Å²) in [4.78, 5) is 30.3. The van der Waals surface area contributed by atoms with Gasteiger partial charge < -0.3 is 14.7 Å². The molecule has 2 aliphatic rings. The fourth-order valence-corrected chi connectivity index (χ4v) is 3.23. The Bertz CT molecular complexity index is 827. The van der Waals surface area contributed by atoms with E-state index in [1.54, 1.807) is 17.9 Å². The number of fused-ring (bicyclic) bond motifs is 1. The minimum absolute atomic E-state index is 0.0447. The number of aromatic nitrogens is 2. The summed E-state index contributed by atoms with van der Waals surface area (Å²) in [6, 6.07) is 4.98. The van der Waals surface area contributed by atoms with Crippen LogP contribution in [0.5, 0.6) is 0 Å². The van der Waals surface area contributed by atoms with Crippen molar-refractivity contribution in [2.24, 2.45) is 11.8 Å². The van der Waals surface area contributed by atoms with Crippen LogP contribution in [0, 0.1) is 17.7 Å². The van der Waals surface area contributed by atoms with E-state index in [1.165, 1.54) is 24.6 Å². The normalized spacial score (nSPS) is 22.4. The van der Waals surface area contributed by atoms with Gasteiger partial charge in [0.15, 0.2) is 0 Å². The number of carbonyl (C=O) groups is 2. The van der Waals surface area contributed by atoms with Crippen molar-refractivity contribution in [3.05, 3.63) is 35.9 Å². The predicted octanol–water partition coefficient (Wildman–Crippen LogP) is 1.47. The minimum atomic E-state index is -0.666. The Morgan fingerprint density at radius 1 is 1.36 bits per heavy atom. The summed E-state index contributed by atoms with van der Waals surface area (Å²) < 4.78 is 18.3. The third-order valence-electron chi connectivity index (χ3n) is 4.71. The Balaban J connectivity index is 1.40. The van der Waals surface area contributed by atoms with Crippen LogP contribution >= 0.6 is 0 Å². The lowest BCUT2D eigenvalue weighted by atomic mass is 10.2. The average Bonchev–Trinajstić information content (AvgIpc) is 3.02. The molecule has 3 unspecified atom stereocenters. The number of nitrogens with one attached hydrogen (secondary N) is 1. The van der Waals surface area contributed by atoms with Crippen LogP contribution in [0.2, 0.25) is 0 Å². The van der Waals surface area contributed by atoms with E-state index in [-0.39, 0.29) is 17.6 Å². The third-order valence-corrected chi connectivity index (χ3v) is 4.71. The van der Waals surface area contributed by atoms with Crippen molar-refractivity contribution in [2.75, 3.05) is 13.1 Å². The van der Waals surface area contributed by atoms with Gasteiger partial charge in [-0.15, -0.1) is 0 Å². The molecule has 130 valence electrons. The van der Waals surface area contributed by atoms with Crippen molar-refractivity contribution in [1.82, 2.24) is 20.4 Å². The Kier molecular flexibility index (Phi) is 3.74. The molecule has 4 rings (SSSR count). The van der Waals surface area contributed by atoms with Gasteiger partial charge in [-0.2, -0.15) is 4.98 Å². The Morgan fingerprint density at radius 3 is 2.84 bits per heavy atom. The van der Waals surface area contributed by atoms with E-state index in [0.29, 0.717) is 17.4 Å². The summed E-state index contributed by atoms with van der Waals surface area (Å²) in [5.41, 5.74) is 0.381. The highest BCUT2D eigenvalue weighted by Gasteiger charge is 2.47. The maximum absolute atomic E-state index is 13.2. The summed E-state index contributed by atoms with van der Waals surface area (Å²) in [5, 5.41) is 6.20. The number of hydrogen-bond acceptors (Lipinski definition) is 5. The summed E-state index contributed by atoms with van der Waals surface area (Å²) in [6.45, 7) is 3.18. The number of hydrogen-bond donors (Lipinski definition) is 1. The van der Waals surface area contributed by atoms with Crippen molar-refractivity contribution in [2.45, 2.75) is 19.4 Å². The molecular weight excluding hydrogens is 327 g/mol. The standard InChI is InChI=1S/C17H17FN4O3/c1-9(17(24)22-7-11-5-12(11)8-22)19-15(23)14-20-16(25-21-14)10-3-2-4-13(18)6-10/h2-4,6,9,11-12H,5,7-8H2,1H3,(H,19,23). The minimum Gasteiger partial charge on any atom is -0.340 e. The first-order chi connectivity index (χ1) is 12.0. The van der Waals surface area contributed by atoms with E-state index >= 15 is 0 Å². The molecule has 1 aromatic carbocycles. The summed E-state index contributed by atoms with van der Waals surface area (Å²) in [6.07, 6.45) is 1.20. The van der Waals surface area contributed by atoms with Gasteiger partial charge in [-0.25, -0.2) is 4.39 Å². The number of nitrogens with zero attached hydrogens (tertiary/aromatic N) is 3. The smallest absolute Gasteiger partial charge is 0.293 e. The second kappa shape index (κ2) is 5.94. The number of likely N-dealkylation sites (tertiary alicyclic amines) is 1. The second-order valence-corrected chi connectivity index (χ2v) is 6.63. The van der Waals surface area contributed by atoms with E-state index in [9.17, 15) is 14.0 Å². The summed E-state index contributed by atoms with van der Waals surface area (Å²) in [5.74, 6) is -0.0159. The molecule has 7 nitrogen and oxygen atoms in total. The number of piperidine rings is 1. The van der Waals surface area contributed by atoms with Crippen LogP contribution in [0.25, 0.3) is 11.5 Å². The first-order valence-electron chi connectivity index (χ1n) is 8.20. The highest BCUT2D eigenvalue weighted by molar-refractivity contribution is 5.94. The largest absolute Gasteiger partial charge is 0.340 e. The zero-order chi connectivity index (χ0) is 17.6. The van der Waals surface area contributed by atoms with Crippen LogP contribution in [0.1, 0.15) is 24.0 Å². The lowest BCUT2D eigenvalue weighted by molar-refractivity contribution is -0.132. The van der Waals surface area contributed by atoms with Crippen LogP contribution in [-0.4, -0.2) is 46.0 Å². The highest BCUT2D eigenvalue weighted by Crippen LogP contribution is 2.44. The number of amides is 2. The van der Waals surface area contributed by atoms with Crippen molar-refractivity contribution in [3.8, 4) is 11.5 Å². The molecule has 1 saturated heterocycles. The van der Waals surface area contributed by atoms with Crippen LogP contribution in [-0.2, 0) is 4.79 Å². The molecule has 0 radical (unpaired) electrons. The van der Waals surface area contributed by atoms with Gasteiger partial charge in [0, 0.05) is 18.7 Å². The van der Waals surface area contributed by atoms with Gasteiger partial charge in [-0.1, -0.05) is 11.2 Å². The van der Waals surface area contributed by atoms with Crippen molar-refractivity contribution >= 4 is 11.8 Å². The molecule has 1 saturated carbocycles. The molecule has 1 aromatic heterocycles. The Hall–Kier alpha value is -2.77. The molecule has 0 spiro atoms. The molecule has 1 aliphatic carbocycles. The topological polar surface area (TPSA) is 88.3 Å². The Morgan fingerprint density at radius 2 is 2.12 bits per heavy atom. The number of carbonyl (C=O) groups excluding carboxylic acids is 2. The van der Waals surface area contributed by atoms with E-state index in [1.807, 2.05) is 0 Å². The number of benzene rings is 1. The molecule has 1 aliphatic heterocycles. The first-order valence-corrected chi connectivity index (χ1v) is 8.20. The highest BCUT2D eigenvalue weighted by atomic mass is 19.1. The van der Waals surface area contributed by atoms with Crippen LogP contribution in [0.4, 0.5) is 4.39 Å². The molecule has 0 bridgehead atoms. The molecule has 3 atom stereocenters. The molecular formula is C17H17FN4O3. The van der Waals surface area contributed by atoms with Gasteiger partial charge in [0.05, 0.1) is 0 Å². The van der Waals surface area contributed by atoms with Gasteiger partial charge in [0.1, 0.15) is 11.9 Å². The van der Waals surface area contributed by atoms with Crippen molar-refractivity contribution in [1.29, 1.82) is 0 Å². The van der Waals surface area contributed by atoms with E-state index < -0.39 is 17.8 Å². The van der Waals surface area contributed by atoms with Crippen molar-refractivity contribution < 1.29 is 18.5 Å². The quantitative estimate of drug-likeness (QED) is 0.907. The molecule has 2 aromatic rings. The fourth-order valence-electron chi connectivity index (χ4n) is 3.23. The van der Waals surface area contributed by atoms with Gasteiger partial charge in [-0.3, -0.25) is 9.59 Å². The maximum Gasteiger partial charge on any atom is 0.293 e. The summed E-state index contributed by atoms with van der Waals surface area (Å²) in [7, 11) is 0. The SMILES string of the molecule is CC(NC(=O)c1noc(-c2cccc(F)c2)n1)C(=O)N1CC2CC2C1. The number of rotatable bonds is 4. The molecule has 25 heavy (non-hydrogen) atoms. The fraction of sp³-hybridized carbons (Fsp3) is 0.412. The number of halogens is 1. The second-order valence-electron chi connectivity index (χ2n) is 6.63. The van der Waals surface area contributed by atoms with Crippen LogP contribution < -0.4 is 5.32 Å². The van der Waals surface area contributed by atoms with E-state index in [0.717, 1.165) is 13.1 Å². The van der Waals surface area contributed by atoms with Gasteiger partial charge in [0.2, 0.25) is 5.91 Å². The van der Waals surface area contributed by atoms with Crippen LogP contribution in [0.15, 0.2) is 28.8 Å². The Labute approximate surface area is 143 Å². The molecule has 1 N–H and O–H groups in total. The predicted molar refractivity (Wildman–Crippen MR) is 84.8 cm³/mol. The molecule has 2 heterocycles.